The number of rotatable bonds is 5. The van der Waals surface area contributed by atoms with Gasteiger partial charge in [-0.15, -0.1) is 0 Å². The predicted molar refractivity (Wildman–Crippen MR) is 64.9 cm³/mol. The molecule has 3 N–H and O–H groups in total. The molecule has 1 atom stereocenters. The van der Waals surface area contributed by atoms with Gasteiger partial charge in [-0.25, -0.2) is 0 Å². The van der Waals surface area contributed by atoms with Gasteiger partial charge in [0.15, 0.2) is 0 Å². The highest BCUT2D eigenvalue weighted by molar-refractivity contribution is 5.63. The fourth-order valence-corrected chi connectivity index (χ4v) is 1.51. The predicted octanol–water partition coefficient (Wildman–Crippen LogP) is 1.13. The summed E-state index contributed by atoms with van der Waals surface area (Å²) in [5.41, 5.74) is 6.34. The number of aliphatic hydroxyl groups is 1. The fraction of sp³-hybridized carbons (Fsp3) is 0.333. The Balaban J connectivity index is 2.33. The minimum atomic E-state index is -0.662. The van der Waals surface area contributed by atoms with Crippen LogP contribution in [0.5, 0.6) is 5.75 Å². The Morgan fingerprint density at radius 2 is 2.22 bits per heavy atom. The highest BCUT2D eigenvalue weighted by atomic mass is 16.5. The Morgan fingerprint density at radius 3 is 2.94 bits per heavy atom. The fourth-order valence-electron chi connectivity index (χ4n) is 1.51. The third-order valence-electron chi connectivity index (χ3n) is 2.38. The number of nitrogens with zero attached hydrogens (tertiary/aromatic N) is 2. The molecule has 0 aliphatic rings. The average Bonchev–Trinajstić information content (AvgIpc) is 2.88. The van der Waals surface area contributed by atoms with Gasteiger partial charge in [-0.1, -0.05) is 17.3 Å². The maximum atomic E-state index is 8.93. The number of hydrogen-bond donors (Lipinski definition) is 2. The zero-order valence-electron chi connectivity index (χ0n) is 10.0. The van der Waals surface area contributed by atoms with Crippen LogP contribution in [0.2, 0.25) is 0 Å². The number of aromatic nitrogens is 2. The summed E-state index contributed by atoms with van der Waals surface area (Å²) in [4.78, 5) is 4.15. The summed E-state index contributed by atoms with van der Waals surface area (Å²) in [6, 6.07) is 6.74. The van der Waals surface area contributed by atoms with Crippen LogP contribution in [0.4, 0.5) is 0 Å². The molecule has 18 heavy (non-hydrogen) atoms. The molecule has 96 valence electrons. The van der Waals surface area contributed by atoms with Crippen LogP contribution < -0.4 is 10.5 Å². The first kappa shape index (κ1) is 12.5. The normalized spacial score (nSPS) is 12.4. The largest absolute Gasteiger partial charge is 0.493 e. The lowest BCUT2D eigenvalue weighted by molar-refractivity contribution is 0.237. The Morgan fingerprint density at radius 1 is 1.44 bits per heavy atom. The van der Waals surface area contributed by atoms with Crippen LogP contribution in [0.1, 0.15) is 18.9 Å². The van der Waals surface area contributed by atoms with Crippen LogP contribution >= 0.6 is 0 Å². The van der Waals surface area contributed by atoms with Crippen molar-refractivity contribution in [1.29, 1.82) is 0 Å². The van der Waals surface area contributed by atoms with Crippen molar-refractivity contribution in [3.8, 4) is 17.1 Å². The molecule has 0 saturated heterocycles. The lowest BCUT2D eigenvalue weighted by Gasteiger charge is -2.06. The summed E-state index contributed by atoms with van der Waals surface area (Å²) in [6.07, 6.45) is 0. The second kappa shape index (κ2) is 5.61. The van der Waals surface area contributed by atoms with Crippen molar-refractivity contribution in [3.05, 3.63) is 30.2 Å². The van der Waals surface area contributed by atoms with Crippen LogP contribution in [0.15, 0.2) is 28.8 Å². The smallest absolute Gasteiger partial charge is 0.246 e. The van der Waals surface area contributed by atoms with E-state index in [4.69, 9.17) is 20.1 Å². The van der Waals surface area contributed by atoms with Gasteiger partial charge in [-0.3, -0.25) is 0 Å². The van der Waals surface area contributed by atoms with E-state index in [1.807, 2.05) is 31.2 Å². The molecule has 6 heteroatoms. The van der Waals surface area contributed by atoms with Crippen LogP contribution in [0.25, 0.3) is 11.4 Å². The van der Waals surface area contributed by atoms with E-state index >= 15 is 0 Å². The summed E-state index contributed by atoms with van der Waals surface area (Å²) in [6.45, 7) is 2.22. The molecule has 0 fully saturated rings. The van der Waals surface area contributed by atoms with Crippen LogP contribution in [0.3, 0.4) is 0 Å². The van der Waals surface area contributed by atoms with Gasteiger partial charge >= 0.3 is 0 Å². The topological polar surface area (TPSA) is 94.4 Å². The molecule has 0 amide bonds. The number of para-hydroxylation sites is 1. The highest BCUT2D eigenvalue weighted by Gasteiger charge is 2.16. The van der Waals surface area contributed by atoms with Crippen molar-refractivity contribution in [2.45, 2.75) is 13.0 Å². The quantitative estimate of drug-likeness (QED) is 0.824. The molecule has 0 aliphatic carbocycles. The molecule has 0 aliphatic heterocycles. The van der Waals surface area contributed by atoms with Crippen LogP contribution in [0, 0.1) is 0 Å². The first-order valence-corrected chi connectivity index (χ1v) is 5.68. The molecule has 0 bridgehead atoms. The summed E-state index contributed by atoms with van der Waals surface area (Å²) < 4.78 is 10.5. The Labute approximate surface area is 104 Å². The van der Waals surface area contributed by atoms with Crippen LogP contribution in [-0.4, -0.2) is 28.5 Å². The van der Waals surface area contributed by atoms with Gasteiger partial charge in [0.2, 0.25) is 11.7 Å². The van der Waals surface area contributed by atoms with E-state index in [0.717, 1.165) is 5.56 Å². The van der Waals surface area contributed by atoms with E-state index in [0.29, 0.717) is 18.2 Å². The van der Waals surface area contributed by atoms with E-state index in [-0.39, 0.29) is 12.5 Å². The number of hydrogen-bond acceptors (Lipinski definition) is 6. The van der Waals surface area contributed by atoms with E-state index < -0.39 is 6.04 Å². The van der Waals surface area contributed by atoms with Crippen LogP contribution in [-0.2, 0) is 0 Å². The van der Waals surface area contributed by atoms with Gasteiger partial charge < -0.3 is 20.1 Å². The van der Waals surface area contributed by atoms with E-state index in [1.165, 1.54) is 0 Å². The van der Waals surface area contributed by atoms with Gasteiger partial charge in [-0.2, -0.15) is 4.98 Å². The molecule has 1 heterocycles. The van der Waals surface area contributed by atoms with E-state index in [1.54, 1.807) is 0 Å². The first-order valence-electron chi connectivity index (χ1n) is 5.68. The van der Waals surface area contributed by atoms with Gasteiger partial charge in [-0.05, 0) is 19.1 Å². The summed E-state index contributed by atoms with van der Waals surface area (Å²) in [7, 11) is 0. The average molecular weight is 249 g/mol. The lowest BCUT2D eigenvalue weighted by atomic mass is 10.2. The first-order chi connectivity index (χ1) is 8.76. The summed E-state index contributed by atoms with van der Waals surface area (Å²) in [5.74, 6) is 1.29. The Bertz CT molecular complexity index is 513. The minimum Gasteiger partial charge on any atom is -0.493 e. The zero-order chi connectivity index (χ0) is 13.0. The van der Waals surface area contributed by atoms with Crippen molar-refractivity contribution in [2.24, 2.45) is 5.73 Å². The number of aliphatic hydroxyl groups excluding tert-OH is 1. The van der Waals surface area contributed by atoms with Gasteiger partial charge in [0, 0.05) is 0 Å². The molecule has 1 aromatic heterocycles. The minimum absolute atomic E-state index is 0.207. The second-order valence-corrected chi connectivity index (χ2v) is 3.67. The third-order valence-corrected chi connectivity index (χ3v) is 2.38. The molecule has 2 rings (SSSR count). The molecule has 0 saturated carbocycles. The number of nitrogens with two attached hydrogens (primary N) is 1. The summed E-state index contributed by atoms with van der Waals surface area (Å²) >= 11 is 0. The molecule has 0 spiro atoms. The van der Waals surface area contributed by atoms with Gasteiger partial charge in [0.25, 0.3) is 0 Å². The Hall–Kier alpha value is -1.92. The third kappa shape index (κ3) is 2.49. The van der Waals surface area contributed by atoms with Gasteiger partial charge in [0.05, 0.1) is 18.8 Å². The lowest BCUT2D eigenvalue weighted by Crippen LogP contribution is -2.14. The SMILES string of the molecule is CCOc1ccccc1-c1noc([C@H](N)CO)n1. The second-order valence-electron chi connectivity index (χ2n) is 3.67. The highest BCUT2D eigenvalue weighted by Crippen LogP contribution is 2.28. The molecule has 0 radical (unpaired) electrons. The molecule has 0 unspecified atom stereocenters. The standard InChI is InChI=1S/C12H15N3O3/c1-2-17-10-6-4-3-5-8(10)11-14-12(18-15-11)9(13)7-16/h3-6,9,16H,2,7,13H2,1H3/t9-/m1/s1. The van der Waals surface area contributed by atoms with Crippen molar-refractivity contribution >= 4 is 0 Å². The summed E-state index contributed by atoms with van der Waals surface area (Å²) in [5, 5.41) is 12.8. The zero-order valence-corrected chi connectivity index (χ0v) is 10.0. The maximum absolute atomic E-state index is 8.93. The van der Waals surface area contributed by atoms with Gasteiger partial charge in [0.1, 0.15) is 11.8 Å². The van der Waals surface area contributed by atoms with Crippen molar-refractivity contribution in [2.75, 3.05) is 13.2 Å². The molecule has 1 aromatic carbocycles. The number of benzene rings is 1. The monoisotopic (exact) mass is 249 g/mol. The molecular formula is C12H15N3O3. The van der Waals surface area contributed by atoms with E-state index in [9.17, 15) is 0 Å². The van der Waals surface area contributed by atoms with E-state index in [2.05, 4.69) is 10.1 Å². The molecule has 6 nitrogen and oxygen atoms in total. The van der Waals surface area contributed by atoms with Crippen molar-refractivity contribution in [3.63, 3.8) is 0 Å². The molecular weight excluding hydrogens is 234 g/mol. The molecule has 2 aromatic rings. The van der Waals surface area contributed by atoms with Crippen molar-refractivity contribution < 1.29 is 14.4 Å². The number of ether oxygens (including phenoxy) is 1. The maximum Gasteiger partial charge on any atom is 0.246 e. The Kier molecular flexibility index (Phi) is 3.91. The van der Waals surface area contributed by atoms with Crippen molar-refractivity contribution in [1.82, 2.24) is 10.1 Å².